The molecule has 10 nitrogen and oxygen atoms in total. The first-order valence-electron chi connectivity index (χ1n) is 12.7. The smallest absolute Gasteiger partial charge is 0.409 e. The summed E-state index contributed by atoms with van der Waals surface area (Å²) in [6, 6.07) is 27.7. The number of benzene rings is 4. The lowest BCUT2D eigenvalue weighted by Gasteiger charge is -2.24. The number of hydrogen-bond donors (Lipinski definition) is 5. The highest BCUT2D eigenvalue weighted by molar-refractivity contribution is 5.95. The Kier molecular flexibility index (Phi) is 9.40. The number of carbonyl (C=O) groups excluding carboxylic acids is 2. The Balaban J connectivity index is 1.71. The number of carbonyl (C=O) groups is 2. The maximum Gasteiger partial charge on any atom is 0.409 e. The van der Waals surface area contributed by atoms with Crippen molar-refractivity contribution in [1.82, 2.24) is 5.32 Å². The zero-order chi connectivity index (χ0) is 29.2. The Bertz CT molecular complexity index is 1500. The van der Waals surface area contributed by atoms with Gasteiger partial charge in [-0.05, 0) is 41.5 Å². The quantitative estimate of drug-likeness (QED) is 0.128. The molecule has 4 aromatic carbocycles. The number of rotatable bonds is 12. The highest BCUT2D eigenvalue weighted by Gasteiger charge is 2.28. The number of amides is 2. The summed E-state index contributed by atoms with van der Waals surface area (Å²) in [4.78, 5) is 25.6. The number of hydrogen-bond acceptors (Lipinski definition) is 7. The van der Waals surface area contributed by atoms with Gasteiger partial charge in [-0.3, -0.25) is 10.2 Å². The molecule has 4 aromatic rings. The normalized spacial score (nSPS) is 11.1. The number of methoxy groups -OCH3 is 1. The van der Waals surface area contributed by atoms with Crippen molar-refractivity contribution in [3.05, 3.63) is 119 Å². The van der Waals surface area contributed by atoms with Crippen molar-refractivity contribution in [1.29, 1.82) is 5.41 Å². The minimum Gasteiger partial charge on any atom is -0.493 e. The van der Waals surface area contributed by atoms with E-state index in [4.69, 9.17) is 31.1 Å². The fraction of sp³-hybridized carbons (Fsp3) is 0.129. The van der Waals surface area contributed by atoms with Gasteiger partial charge in [0, 0.05) is 29.4 Å². The molecule has 10 heteroatoms. The summed E-state index contributed by atoms with van der Waals surface area (Å²) < 4.78 is 16.9. The number of nitrogens with two attached hydrogens (primary N) is 2. The first-order valence-corrected chi connectivity index (χ1v) is 12.7. The molecule has 1 atom stereocenters. The Morgan fingerprint density at radius 3 is 2.05 bits per heavy atom. The monoisotopic (exact) mass is 553 g/mol. The highest BCUT2D eigenvalue weighted by atomic mass is 16.6. The predicted molar refractivity (Wildman–Crippen MR) is 156 cm³/mol. The van der Waals surface area contributed by atoms with Crippen LogP contribution in [0.3, 0.4) is 0 Å². The molecule has 4 rings (SSSR count). The molecule has 0 saturated carbocycles. The van der Waals surface area contributed by atoms with Gasteiger partial charge in [0.1, 0.15) is 24.2 Å². The van der Waals surface area contributed by atoms with Gasteiger partial charge < -0.3 is 36.3 Å². The molecule has 1 unspecified atom stereocenters. The molecule has 2 amide bonds. The minimum absolute atomic E-state index is 0.0223. The van der Waals surface area contributed by atoms with Crippen LogP contribution < -0.4 is 36.3 Å². The molecular weight excluding hydrogens is 522 g/mol. The van der Waals surface area contributed by atoms with Crippen LogP contribution in [0.4, 0.5) is 10.5 Å². The van der Waals surface area contributed by atoms with Gasteiger partial charge in [-0.15, -0.1) is 0 Å². The molecule has 0 fully saturated rings. The molecule has 41 heavy (non-hydrogen) atoms. The molecule has 0 aromatic heterocycles. The van der Waals surface area contributed by atoms with Crippen LogP contribution >= 0.6 is 0 Å². The van der Waals surface area contributed by atoms with Gasteiger partial charge in [-0.25, -0.2) is 4.79 Å². The van der Waals surface area contributed by atoms with Crippen molar-refractivity contribution in [3.8, 4) is 17.2 Å². The number of anilines is 1. The summed E-state index contributed by atoms with van der Waals surface area (Å²) in [5.41, 5.74) is 14.2. The second kappa shape index (κ2) is 13.5. The molecule has 0 saturated heterocycles. The second-order valence-electron chi connectivity index (χ2n) is 9.01. The number of nitrogen functional groups attached to an aromatic ring is 1. The van der Waals surface area contributed by atoms with E-state index in [-0.39, 0.29) is 30.3 Å². The van der Waals surface area contributed by atoms with Crippen molar-refractivity contribution in [2.24, 2.45) is 11.5 Å². The number of ether oxygens (including phenoxy) is 3. The van der Waals surface area contributed by atoms with Crippen LogP contribution in [0.5, 0.6) is 17.2 Å². The van der Waals surface area contributed by atoms with Crippen LogP contribution in [0.15, 0.2) is 97.1 Å². The molecule has 0 aliphatic carbocycles. The van der Waals surface area contributed by atoms with Crippen molar-refractivity contribution < 1.29 is 23.8 Å². The summed E-state index contributed by atoms with van der Waals surface area (Å²) in [5, 5.41) is 13.8. The summed E-state index contributed by atoms with van der Waals surface area (Å²) in [7, 11) is 1.47. The average molecular weight is 554 g/mol. The molecule has 0 bridgehead atoms. The van der Waals surface area contributed by atoms with E-state index in [2.05, 4.69) is 10.6 Å². The van der Waals surface area contributed by atoms with E-state index in [1.807, 2.05) is 60.7 Å². The standard InChI is InChI=1S/C31H31N5O5/c1-39-26-16-24(25(41-31(34)38)17-27(26)40-19-21-10-6-3-7-11-21)28(30(37)35-18-20-8-4-2-5-9-20)36-23-14-12-22(13-15-23)29(32)33/h2-17,28,36H,18-19H2,1H3,(H3,32,33)(H2,34,38)(H,35,37). The molecule has 0 aliphatic heterocycles. The highest BCUT2D eigenvalue weighted by Crippen LogP contribution is 2.39. The van der Waals surface area contributed by atoms with Crippen LogP contribution in [0.2, 0.25) is 0 Å². The lowest BCUT2D eigenvalue weighted by molar-refractivity contribution is -0.122. The molecule has 0 heterocycles. The maximum absolute atomic E-state index is 13.7. The summed E-state index contributed by atoms with van der Waals surface area (Å²) >= 11 is 0. The largest absolute Gasteiger partial charge is 0.493 e. The second-order valence-corrected chi connectivity index (χ2v) is 9.01. The van der Waals surface area contributed by atoms with E-state index < -0.39 is 18.0 Å². The van der Waals surface area contributed by atoms with Crippen LogP contribution in [-0.4, -0.2) is 24.9 Å². The van der Waals surface area contributed by atoms with Gasteiger partial charge in [-0.1, -0.05) is 60.7 Å². The summed E-state index contributed by atoms with van der Waals surface area (Å²) in [6.07, 6.45) is -1.06. The van der Waals surface area contributed by atoms with E-state index in [1.165, 1.54) is 13.2 Å². The van der Waals surface area contributed by atoms with Crippen LogP contribution in [0.25, 0.3) is 0 Å². The molecule has 210 valence electrons. The Labute approximate surface area is 237 Å². The van der Waals surface area contributed by atoms with Crippen LogP contribution in [0.1, 0.15) is 28.3 Å². The topological polar surface area (TPSA) is 162 Å². The molecule has 7 N–H and O–H groups in total. The zero-order valence-corrected chi connectivity index (χ0v) is 22.4. The zero-order valence-electron chi connectivity index (χ0n) is 22.4. The predicted octanol–water partition coefficient (Wildman–Crippen LogP) is 4.49. The van der Waals surface area contributed by atoms with Gasteiger partial charge in [0.2, 0.25) is 5.91 Å². The summed E-state index contributed by atoms with van der Waals surface area (Å²) in [6.45, 7) is 0.497. The number of amidine groups is 1. The van der Waals surface area contributed by atoms with Crippen LogP contribution in [0, 0.1) is 5.41 Å². The van der Waals surface area contributed by atoms with Crippen molar-refractivity contribution in [2.75, 3.05) is 12.4 Å². The fourth-order valence-corrected chi connectivity index (χ4v) is 4.07. The molecule has 0 aliphatic rings. The third-order valence-electron chi connectivity index (χ3n) is 6.13. The fourth-order valence-electron chi connectivity index (χ4n) is 4.07. The average Bonchev–Trinajstić information content (AvgIpc) is 2.98. The third-order valence-corrected chi connectivity index (χ3v) is 6.13. The first kappa shape index (κ1) is 28.5. The van der Waals surface area contributed by atoms with Crippen molar-refractivity contribution in [3.63, 3.8) is 0 Å². The molecular formula is C31H31N5O5. The van der Waals surface area contributed by atoms with Gasteiger partial charge >= 0.3 is 6.09 Å². The van der Waals surface area contributed by atoms with Crippen LogP contribution in [-0.2, 0) is 17.9 Å². The Morgan fingerprint density at radius 2 is 1.46 bits per heavy atom. The van der Waals surface area contributed by atoms with Gasteiger partial charge in [0.15, 0.2) is 11.5 Å². The Morgan fingerprint density at radius 1 is 0.829 bits per heavy atom. The minimum atomic E-state index is -1.06. The van der Waals surface area contributed by atoms with E-state index in [0.717, 1.165) is 11.1 Å². The van der Waals surface area contributed by atoms with E-state index in [1.54, 1.807) is 30.3 Å². The van der Waals surface area contributed by atoms with Gasteiger partial charge in [0.25, 0.3) is 0 Å². The van der Waals surface area contributed by atoms with E-state index in [9.17, 15) is 9.59 Å². The number of primary amides is 1. The summed E-state index contributed by atoms with van der Waals surface area (Å²) in [5.74, 6) is 0.155. The lowest BCUT2D eigenvalue weighted by Crippen LogP contribution is -2.34. The molecule has 0 radical (unpaired) electrons. The SMILES string of the molecule is COc1cc(C(Nc2ccc(C(=N)N)cc2)C(=O)NCc2ccccc2)c(OC(N)=O)cc1OCc1ccccc1. The maximum atomic E-state index is 13.7. The van der Waals surface area contributed by atoms with Gasteiger partial charge in [-0.2, -0.15) is 0 Å². The molecule has 0 spiro atoms. The van der Waals surface area contributed by atoms with Crippen molar-refractivity contribution >= 4 is 23.5 Å². The van der Waals surface area contributed by atoms with Crippen molar-refractivity contribution in [2.45, 2.75) is 19.2 Å². The first-order chi connectivity index (χ1) is 19.8. The third kappa shape index (κ3) is 7.76. The van der Waals surface area contributed by atoms with E-state index in [0.29, 0.717) is 22.7 Å². The number of nitrogens with one attached hydrogen (secondary N) is 3. The Hall–Kier alpha value is -5.51. The van der Waals surface area contributed by atoms with E-state index >= 15 is 0 Å². The lowest BCUT2D eigenvalue weighted by atomic mass is 10.0. The van der Waals surface area contributed by atoms with Gasteiger partial charge in [0.05, 0.1) is 7.11 Å².